The van der Waals surface area contributed by atoms with Gasteiger partial charge in [-0.2, -0.15) is 4.57 Å². The summed E-state index contributed by atoms with van der Waals surface area (Å²) in [5, 5.41) is 1.64. The fourth-order valence-electron chi connectivity index (χ4n) is 4.13. The molecule has 0 bridgehead atoms. The number of oxazole rings is 1. The summed E-state index contributed by atoms with van der Waals surface area (Å²) < 4.78 is 41.9. The molecule has 2 aromatic rings. The van der Waals surface area contributed by atoms with E-state index in [1.165, 1.54) is 5.69 Å². The van der Waals surface area contributed by atoms with Crippen molar-refractivity contribution >= 4 is 56.8 Å². The minimum Gasteiger partial charge on any atom is -0.748 e. The molecule has 0 radical (unpaired) electrons. The Balaban J connectivity index is 1.69. The number of hydrogen-bond donors (Lipinski definition) is 0. The SMILES string of the molecule is CCCC[n+]1c(C=C2Sc3ccc(Cl)cc3N2CCCS(=O)(=O)[O-])oc2c1CC(Cl)CC2. The molecule has 0 saturated heterocycles. The second-order valence-electron chi connectivity index (χ2n) is 8.12. The normalized spacial score (nSPS) is 19.4. The van der Waals surface area contributed by atoms with Gasteiger partial charge in [0, 0.05) is 40.4 Å². The number of anilines is 1. The van der Waals surface area contributed by atoms with E-state index in [9.17, 15) is 13.0 Å². The van der Waals surface area contributed by atoms with Gasteiger partial charge >= 0.3 is 5.89 Å². The molecule has 4 rings (SSSR count). The summed E-state index contributed by atoms with van der Waals surface area (Å²) >= 11 is 14.3. The number of nitrogens with zero attached hydrogens (tertiary/aromatic N) is 2. The van der Waals surface area contributed by atoms with Crippen molar-refractivity contribution in [2.75, 3.05) is 17.2 Å². The number of halogens is 2. The average Bonchev–Trinajstić information content (AvgIpc) is 3.23. The zero-order valence-corrected chi connectivity index (χ0v) is 21.0. The maximum atomic E-state index is 11.1. The van der Waals surface area contributed by atoms with Gasteiger partial charge in [-0.1, -0.05) is 36.7 Å². The largest absolute Gasteiger partial charge is 0.748 e. The van der Waals surface area contributed by atoms with E-state index < -0.39 is 15.9 Å². The van der Waals surface area contributed by atoms with Gasteiger partial charge in [-0.25, -0.2) is 8.42 Å². The molecular weight excluding hydrogens is 491 g/mol. The molecule has 1 aliphatic heterocycles. The van der Waals surface area contributed by atoms with Crippen molar-refractivity contribution in [3.8, 4) is 0 Å². The Morgan fingerprint density at radius 3 is 2.94 bits per heavy atom. The van der Waals surface area contributed by atoms with Crippen LogP contribution in [-0.2, 0) is 29.5 Å². The monoisotopic (exact) mass is 516 g/mol. The van der Waals surface area contributed by atoms with Crippen LogP contribution >= 0.6 is 35.0 Å². The van der Waals surface area contributed by atoms with Gasteiger partial charge in [0.05, 0.1) is 33.3 Å². The van der Waals surface area contributed by atoms with Gasteiger partial charge in [0.2, 0.25) is 5.69 Å². The first kappa shape index (κ1) is 24.0. The van der Waals surface area contributed by atoms with E-state index in [4.69, 9.17) is 27.6 Å². The van der Waals surface area contributed by atoms with Crippen LogP contribution in [0.15, 0.2) is 32.5 Å². The van der Waals surface area contributed by atoms with Gasteiger partial charge in [0.25, 0.3) is 0 Å². The molecule has 2 heterocycles. The molecule has 1 aliphatic carbocycles. The minimum absolute atomic E-state index is 0.117. The van der Waals surface area contributed by atoms with E-state index in [2.05, 4.69) is 11.5 Å². The highest BCUT2D eigenvalue weighted by Gasteiger charge is 2.34. The Bertz CT molecular complexity index is 1130. The Kier molecular flexibility index (Phi) is 7.46. The zero-order valence-electron chi connectivity index (χ0n) is 17.9. The highest BCUT2D eigenvalue weighted by Crippen LogP contribution is 2.47. The number of aromatic nitrogens is 1. The van der Waals surface area contributed by atoms with Crippen LogP contribution in [0, 0.1) is 0 Å². The first-order valence-corrected chi connectivity index (χ1v) is 14.0. The first-order valence-electron chi connectivity index (χ1n) is 10.8. The third kappa shape index (κ3) is 5.47. The molecule has 1 unspecified atom stereocenters. The lowest BCUT2D eigenvalue weighted by Gasteiger charge is -2.20. The van der Waals surface area contributed by atoms with Crippen molar-refractivity contribution in [1.82, 2.24) is 0 Å². The molecule has 174 valence electrons. The van der Waals surface area contributed by atoms with E-state index in [0.29, 0.717) is 11.6 Å². The number of rotatable bonds is 8. The highest BCUT2D eigenvalue weighted by molar-refractivity contribution is 8.03. The van der Waals surface area contributed by atoms with Crippen molar-refractivity contribution in [2.24, 2.45) is 0 Å². The number of hydrogen-bond acceptors (Lipinski definition) is 6. The maximum Gasteiger partial charge on any atom is 0.376 e. The molecule has 1 atom stereocenters. The fourth-order valence-corrected chi connectivity index (χ4v) is 6.13. The van der Waals surface area contributed by atoms with E-state index >= 15 is 0 Å². The predicted molar refractivity (Wildman–Crippen MR) is 127 cm³/mol. The zero-order chi connectivity index (χ0) is 22.9. The third-order valence-electron chi connectivity index (χ3n) is 5.69. The highest BCUT2D eigenvalue weighted by atomic mass is 35.5. The van der Waals surface area contributed by atoms with Gasteiger partial charge in [0.1, 0.15) is 0 Å². The molecule has 10 heteroatoms. The summed E-state index contributed by atoms with van der Waals surface area (Å²) in [6.07, 6.45) is 6.87. The van der Waals surface area contributed by atoms with Crippen LogP contribution in [0.25, 0.3) is 6.08 Å². The van der Waals surface area contributed by atoms with Gasteiger partial charge in [-0.3, -0.25) is 0 Å². The molecule has 0 spiro atoms. The summed E-state index contributed by atoms with van der Waals surface area (Å²) in [6, 6.07) is 5.66. The quantitative estimate of drug-likeness (QED) is 0.280. The number of unbranched alkanes of at least 4 members (excludes halogenated alkanes) is 1. The molecule has 1 aromatic heterocycles. The lowest BCUT2D eigenvalue weighted by molar-refractivity contribution is -0.708. The smallest absolute Gasteiger partial charge is 0.376 e. The maximum absolute atomic E-state index is 11.1. The van der Waals surface area contributed by atoms with Gasteiger partial charge in [-0.05, 0) is 31.0 Å². The molecule has 6 nitrogen and oxygen atoms in total. The topological polar surface area (TPSA) is 77.5 Å². The van der Waals surface area contributed by atoms with Gasteiger partial charge < -0.3 is 13.9 Å². The van der Waals surface area contributed by atoms with Crippen LogP contribution in [0.5, 0.6) is 0 Å². The van der Waals surface area contributed by atoms with E-state index in [0.717, 1.165) is 65.9 Å². The standard InChI is InChI=1S/C22H26Cl2N2O4S2/c1-2-3-9-25-17-12-15(23)5-7-19(17)30-21(25)14-22-26(10-4-11-32(27,28)29)18-13-16(24)6-8-20(18)31-22/h6,8,13-15H,2-5,7,9-12H2,1H3. The van der Waals surface area contributed by atoms with Crippen molar-refractivity contribution in [2.45, 2.75) is 62.3 Å². The molecule has 1 aromatic carbocycles. The summed E-state index contributed by atoms with van der Waals surface area (Å²) in [6.45, 7) is 3.41. The number of benzene rings is 1. The van der Waals surface area contributed by atoms with Crippen LogP contribution in [0.1, 0.15) is 50.0 Å². The van der Waals surface area contributed by atoms with Gasteiger partial charge in [-0.15, -0.1) is 11.6 Å². The predicted octanol–water partition coefficient (Wildman–Crippen LogP) is 4.96. The Morgan fingerprint density at radius 1 is 1.38 bits per heavy atom. The first-order chi connectivity index (χ1) is 15.2. The molecule has 0 fully saturated rings. The summed E-state index contributed by atoms with van der Waals surface area (Å²) in [4.78, 5) is 3.05. The molecule has 2 aliphatic rings. The van der Waals surface area contributed by atoms with Crippen molar-refractivity contribution in [3.05, 3.63) is 45.6 Å². The van der Waals surface area contributed by atoms with Gasteiger partial charge in [0.15, 0.2) is 12.3 Å². The average molecular weight is 518 g/mol. The summed E-state index contributed by atoms with van der Waals surface area (Å²) in [5.74, 6) is 1.37. The van der Waals surface area contributed by atoms with Crippen LogP contribution in [-0.4, -0.2) is 30.6 Å². The second kappa shape index (κ2) is 9.97. The number of aryl methyl sites for hydroxylation is 1. The summed E-state index contributed by atoms with van der Waals surface area (Å²) in [7, 11) is -4.27. The third-order valence-corrected chi connectivity index (χ3v) is 8.20. The Hall–Kier alpha value is -1.19. The molecule has 32 heavy (non-hydrogen) atoms. The van der Waals surface area contributed by atoms with Crippen LogP contribution in [0.4, 0.5) is 5.69 Å². The lowest BCUT2D eigenvalue weighted by Crippen LogP contribution is -2.41. The van der Waals surface area contributed by atoms with Crippen LogP contribution < -0.4 is 9.47 Å². The van der Waals surface area contributed by atoms with Crippen LogP contribution in [0.2, 0.25) is 5.02 Å². The fraction of sp³-hybridized carbons (Fsp3) is 0.500. The Morgan fingerprint density at radius 2 is 2.19 bits per heavy atom. The number of alkyl halides is 1. The van der Waals surface area contributed by atoms with Crippen molar-refractivity contribution < 1.29 is 22.0 Å². The van der Waals surface area contributed by atoms with E-state index in [1.807, 2.05) is 29.2 Å². The van der Waals surface area contributed by atoms with Crippen molar-refractivity contribution in [1.29, 1.82) is 0 Å². The molecule has 0 saturated carbocycles. The van der Waals surface area contributed by atoms with Crippen LogP contribution in [0.3, 0.4) is 0 Å². The number of fused-ring (bicyclic) bond motifs is 2. The summed E-state index contributed by atoms with van der Waals surface area (Å²) in [5.41, 5.74) is 2.08. The lowest BCUT2D eigenvalue weighted by atomic mass is 10.0. The van der Waals surface area contributed by atoms with E-state index in [-0.39, 0.29) is 11.8 Å². The van der Waals surface area contributed by atoms with Crippen molar-refractivity contribution in [3.63, 3.8) is 0 Å². The minimum atomic E-state index is -4.27. The number of thioether (sulfide) groups is 1. The second-order valence-corrected chi connectivity index (χ2v) is 11.8. The van der Waals surface area contributed by atoms with E-state index in [1.54, 1.807) is 11.8 Å². The molecule has 0 N–H and O–H groups in total. The Labute approximate surface area is 203 Å². The molecule has 0 amide bonds. The molecular formula is C22H26Cl2N2O4S2.